The average molecular weight is 395 g/mol. The summed E-state index contributed by atoms with van der Waals surface area (Å²) in [6, 6.07) is 6.78. The van der Waals surface area contributed by atoms with Gasteiger partial charge in [-0.1, -0.05) is 23.5 Å². The lowest BCUT2D eigenvalue weighted by Crippen LogP contribution is -2.50. The van der Waals surface area contributed by atoms with Crippen LogP contribution in [-0.4, -0.2) is 49.1 Å². The van der Waals surface area contributed by atoms with E-state index in [1.165, 1.54) is 0 Å². The van der Waals surface area contributed by atoms with Gasteiger partial charge in [-0.2, -0.15) is 0 Å². The minimum absolute atomic E-state index is 0.120. The molecule has 2 saturated heterocycles. The Labute approximate surface area is 167 Å². The van der Waals surface area contributed by atoms with E-state index in [1.54, 1.807) is 17.5 Å². The zero-order valence-corrected chi connectivity index (χ0v) is 16.5. The first-order valence-corrected chi connectivity index (χ1v) is 10.5. The number of nitrogens with zero attached hydrogens (tertiary/aromatic N) is 5. The van der Waals surface area contributed by atoms with Gasteiger partial charge >= 0.3 is 0 Å². The zero-order chi connectivity index (χ0) is 19.3. The van der Waals surface area contributed by atoms with Crippen molar-refractivity contribution in [3.8, 4) is 10.6 Å². The fraction of sp³-hybridized carbons (Fsp3) is 0.450. The highest BCUT2D eigenvalue weighted by Crippen LogP contribution is 2.35. The van der Waals surface area contributed by atoms with Crippen molar-refractivity contribution in [2.24, 2.45) is 5.73 Å². The van der Waals surface area contributed by atoms with Crippen LogP contribution in [0, 0.1) is 6.92 Å². The first-order chi connectivity index (χ1) is 13.6. The van der Waals surface area contributed by atoms with Crippen molar-refractivity contribution in [1.82, 2.24) is 25.1 Å². The van der Waals surface area contributed by atoms with Crippen LogP contribution in [0.15, 0.2) is 24.4 Å². The summed E-state index contributed by atoms with van der Waals surface area (Å²) in [5.41, 5.74) is 7.93. The van der Waals surface area contributed by atoms with Crippen LogP contribution in [0.3, 0.4) is 0 Å². The second-order valence-corrected chi connectivity index (χ2v) is 8.96. The van der Waals surface area contributed by atoms with E-state index in [9.17, 15) is 4.79 Å². The monoisotopic (exact) mass is 394 g/mol. The molecule has 4 heterocycles. The molecule has 3 aromatic rings. The van der Waals surface area contributed by atoms with E-state index in [-0.39, 0.29) is 30.5 Å². The van der Waals surface area contributed by atoms with Crippen molar-refractivity contribution >= 4 is 28.1 Å². The standard InChI is InChI=1S/C20H22N6OS/c1-11-24-25-20(28-11)12-2-3-13-10-22-18(23-17(13)6-12)9-19(27)26-15-4-5-16(26)8-14(21)7-15/h2-3,6,10,14-16H,4-5,7-9,21H2,1H3/t14?,15-,16+. The molecule has 2 aliphatic rings. The van der Waals surface area contributed by atoms with Gasteiger partial charge in [-0.15, -0.1) is 10.2 Å². The molecule has 8 heteroatoms. The second kappa shape index (κ2) is 6.86. The minimum atomic E-state index is 0.120. The van der Waals surface area contributed by atoms with Gasteiger partial charge in [0.25, 0.3) is 0 Å². The van der Waals surface area contributed by atoms with Gasteiger partial charge in [-0.05, 0) is 38.7 Å². The van der Waals surface area contributed by atoms with E-state index in [1.807, 2.05) is 25.1 Å². The molecular formula is C20H22N6OS. The number of amides is 1. The molecule has 2 aromatic heterocycles. The topological polar surface area (TPSA) is 97.9 Å². The van der Waals surface area contributed by atoms with Crippen LogP contribution in [0.1, 0.15) is 36.5 Å². The van der Waals surface area contributed by atoms with Crippen molar-refractivity contribution in [1.29, 1.82) is 0 Å². The van der Waals surface area contributed by atoms with Crippen LogP contribution in [-0.2, 0) is 11.2 Å². The fourth-order valence-corrected chi connectivity index (χ4v) is 5.23. The van der Waals surface area contributed by atoms with Gasteiger partial charge in [0.15, 0.2) is 0 Å². The smallest absolute Gasteiger partial charge is 0.230 e. The van der Waals surface area contributed by atoms with Crippen molar-refractivity contribution < 1.29 is 4.79 Å². The summed E-state index contributed by atoms with van der Waals surface area (Å²) in [7, 11) is 0. The molecule has 0 aliphatic carbocycles. The summed E-state index contributed by atoms with van der Waals surface area (Å²) in [6.45, 7) is 1.94. The van der Waals surface area contributed by atoms with Gasteiger partial charge in [-0.25, -0.2) is 9.97 Å². The molecule has 0 saturated carbocycles. The van der Waals surface area contributed by atoms with Crippen LogP contribution < -0.4 is 5.73 Å². The van der Waals surface area contributed by atoms with Crippen LogP contribution in [0.25, 0.3) is 21.5 Å². The first-order valence-electron chi connectivity index (χ1n) is 9.70. The lowest BCUT2D eigenvalue weighted by Gasteiger charge is -2.37. The number of aromatic nitrogens is 4. The SMILES string of the molecule is Cc1nnc(-c2ccc3cnc(CC(=O)N4[C@@H]5CC[C@H]4CC(N)C5)nc3c2)s1. The van der Waals surface area contributed by atoms with Crippen molar-refractivity contribution in [3.05, 3.63) is 35.2 Å². The highest BCUT2D eigenvalue weighted by molar-refractivity contribution is 7.14. The van der Waals surface area contributed by atoms with Crippen LogP contribution >= 0.6 is 11.3 Å². The first kappa shape index (κ1) is 17.6. The van der Waals surface area contributed by atoms with E-state index in [4.69, 9.17) is 5.73 Å². The van der Waals surface area contributed by atoms with E-state index >= 15 is 0 Å². The Morgan fingerprint density at radius 2 is 2.04 bits per heavy atom. The molecule has 144 valence electrons. The van der Waals surface area contributed by atoms with Gasteiger partial charge in [0, 0.05) is 35.3 Å². The number of nitrogens with two attached hydrogens (primary N) is 1. The quantitative estimate of drug-likeness (QED) is 0.733. The maximum Gasteiger partial charge on any atom is 0.230 e. The molecule has 2 bridgehead atoms. The molecular weight excluding hydrogens is 372 g/mol. The lowest BCUT2D eigenvalue weighted by atomic mass is 9.98. The van der Waals surface area contributed by atoms with Gasteiger partial charge in [0.2, 0.25) is 5.91 Å². The fourth-order valence-electron chi connectivity index (χ4n) is 4.55. The van der Waals surface area contributed by atoms with Crippen molar-refractivity contribution in [2.75, 3.05) is 0 Å². The Hall–Kier alpha value is -2.45. The van der Waals surface area contributed by atoms with E-state index in [0.717, 1.165) is 52.2 Å². The number of rotatable bonds is 3. The molecule has 2 aliphatic heterocycles. The molecule has 5 rings (SSSR count). The maximum absolute atomic E-state index is 13.0. The largest absolute Gasteiger partial charge is 0.336 e. The Balaban J connectivity index is 1.39. The highest BCUT2D eigenvalue weighted by atomic mass is 32.1. The molecule has 1 aromatic carbocycles. The van der Waals surface area contributed by atoms with Gasteiger partial charge in [0.1, 0.15) is 15.8 Å². The van der Waals surface area contributed by atoms with Crippen LogP contribution in [0.5, 0.6) is 0 Å². The molecule has 7 nitrogen and oxygen atoms in total. The summed E-state index contributed by atoms with van der Waals surface area (Å²) in [5.74, 6) is 0.687. The van der Waals surface area contributed by atoms with E-state index in [2.05, 4.69) is 25.1 Å². The third-order valence-corrected chi connectivity index (χ3v) is 6.66. The predicted octanol–water partition coefficient (Wildman–Crippen LogP) is 2.48. The third-order valence-electron chi connectivity index (χ3n) is 5.77. The molecule has 2 N–H and O–H groups in total. The van der Waals surface area contributed by atoms with E-state index < -0.39 is 0 Å². The Morgan fingerprint density at radius 3 is 2.75 bits per heavy atom. The van der Waals surface area contributed by atoms with Crippen LogP contribution in [0.2, 0.25) is 0 Å². The van der Waals surface area contributed by atoms with Crippen molar-refractivity contribution in [2.45, 2.75) is 57.2 Å². The van der Waals surface area contributed by atoms with Gasteiger partial charge in [-0.3, -0.25) is 4.79 Å². The second-order valence-electron chi connectivity index (χ2n) is 7.78. The highest BCUT2D eigenvalue weighted by Gasteiger charge is 2.42. The number of hydrogen-bond acceptors (Lipinski definition) is 7. The summed E-state index contributed by atoms with van der Waals surface area (Å²) >= 11 is 1.55. The molecule has 3 atom stereocenters. The zero-order valence-electron chi connectivity index (χ0n) is 15.7. The number of benzene rings is 1. The number of carbonyl (C=O) groups is 1. The summed E-state index contributed by atoms with van der Waals surface area (Å²) in [6.07, 6.45) is 5.97. The molecule has 1 unspecified atom stereocenters. The number of aryl methyl sites for hydroxylation is 1. The minimum Gasteiger partial charge on any atom is -0.336 e. The van der Waals surface area contributed by atoms with Crippen molar-refractivity contribution in [3.63, 3.8) is 0 Å². The number of piperidine rings is 1. The van der Waals surface area contributed by atoms with Gasteiger partial charge in [0.05, 0.1) is 11.9 Å². The normalized spacial score (nSPS) is 24.1. The molecule has 28 heavy (non-hydrogen) atoms. The van der Waals surface area contributed by atoms with Crippen LogP contribution in [0.4, 0.5) is 0 Å². The molecule has 0 spiro atoms. The Morgan fingerprint density at radius 1 is 1.25 bits per heavy atom. The van der Waals surface area contributed by atoms with E-state index in [0.29, 0.717) is 5.82 Å². The lowest BCUT2D eigenvalue weighted by molar-refractivity contribution is -0.135. The average Bonchev–Trinajstić information content (AvgIpc) is 3.22. The molecule has 1 amide bonds. The third kappa shape index (κ3) is 3.16. The molecule has 0 radical (unpaired) electrons. The summed E-state index contributed by atoms with van der Waals surface area (Å²) < 4.78 is 0. The van der Waals surface area contributed by atoms with Gasteiger partial charge < -0.3 is 10.6 Å². The number of hydrogen-bond donors (Lipinski definition) is 1. The predicted molar refractivity (Wildman–Crippen MR) is 108 cm³/mol. The number of fused-ring (bicyclic) bond motifs is 3. The Bertz CT molecular complexity index is 1040. The summed E-state index contributed by atoms with van der Waals surface area (Å²) in [4.78, 5) is 24.1. The molecule has 2 fully saturated rings. The number of carbonyl (C=O) groups excluding carboxylic acids is 1. The maximum atomic E-state index is 13.0. The summed E-state index contributed by atoms with van der Waals surface area (Å²) in [5, 5.41) is 11.0. The Kier molecular flexibility index (Phi) is 4.32.